The van der Waals surface area contributed by atoms with Gasteiger partial charge < -0.3 is 16.2 Å². The van der Waals surface area contributed by atoms with Gasteiger partial charge in [-0.15, -0.1) is 0 Å². The lowest BCUT2D eigenvalue weighted by molar-refractivity contribution is 0.153. The molecule has 0 bridgehead atoms. The number of nitrogens with two attached hydrogens (primary N) is 1. The van der Waals surface area contributed by atoms with E-state index in [1.165, 1.54) is 5.57 Å². The van der Waals surface area contributed by atoms with Crippen LogP contribution in [0.4, 0.5) is 0 Å². The quantitative estimate of drug-likeness (QED) is 0.519. The van der Waals surface area contributed by atoms with E-state index in [9.17, 15) is 5.11 Å². The maximum absolute atomic E-state index is 10.3. The smallest absolute Gasteiger partial charge is 0.128 e. The van der Waals surface area contributed by atoms with Crippen LogP contribution >= 0.6 is 0 Å². The van der Waals surface area contributed by atoms with Crippen molar-refractivity contribution in [3.63, 3.8) is 0 Å². The van der Waals surface area contributed by atoms with Gasteiger partial charge in [0.15, 0.2) is 0 Å². The highest BCUT2D eigenvalue weighted by Gasteiger charge is 2.23. The fourth-order valence-electron chi connectivity index (χ4n) is 2.52. The minimum Gasteiger partial charge on any atom is -0.376 e. The lowest BCUT2D eigenvalue weighted by Crippen LogP contribution is -2.44. The lowest BCUT2D eigenvalue weighted by atomic mass is 9.88. The topological polar surface area (TPSA) is 70.3 Å². The third-order valence-electron chi connectivity index (χ3n) is 3.95. The number of aliphatic hydroxyl groups is 1. The Morgan fingerprint density at radius 2 is 2.19 bits per heavy atom. The van der Waals surface area contributed by atoms with Crippen LogP contribution in [0.25, 0.3) is 0 Å². The van der Waals surface area contributed by atoms with E-state index in [2.05, 4.69) is 49.6 Å². The van der Waals surface area contributed by atoms with Crippen LogP contribution in [0.2, 0.25) is 0 Å². The van der Waals surface area contributed by atoms with Crippen molar-refractivity contribution in [1.29, 1.82) is 0 Å². The van der Waals surface area contributed by atoms with Crippen LogP contribution in [-0.2, 0) is 0 Å². The third-order valence-corrected chi connectivity index (χ3v) is 3.95. The van der Waals surface area contributed by atoms with E-state index >= 15 is 0 Å². The van der Waals surface area contributed by atoms with Crippen molar-refractivity contribution < 1.29 is 5.11 Å². The summed E-state index contributed by atoms with van der Waals surface area (Å²) in [6, 6.07) is 0.183. The Hall–Kier alpha value is -1.10. The molecule has 0 saturated carbocycles. The van der Waals surface area contributed by atoms with Crippen LogP contribution in [0, 0.1) is 5.92 Å². The van der Waals surface area contributed by atoms with E-state index in [4.69, 9.17) is 5.73 Å². The summed E-state index contributed by atoms with van der Waals surface area (Å²) >= 11 is 0. The molecule has 4 unspecified atom stereocenters. The fourth-order valence-corrected chi connectivity index (χ4v) is 2.52. The molecule has 0 aliphatic heterocycles. The van der Waals surface area contributed by atoms with E-state index in [0.29, 0.717) is 5.92 Å². The molecule has 0 radical (unpaired) electrons. The van der Waals surface area contributed by atoms with Crippen molar-refractivity contribution in [1.82, 2.24) is 10.6 Å². The van der Waals surface area contributed by atoms with Gasteiger partial charge in [0.2, 0.25) is 0 Å². The largest absolute Gasteiger partial charge is 0.376 e. The van der Waals surface area contributed by atoms with Crippen LogP contribution < -0.4 is 16.4 Å². The summed E-state index contributed by atoms with van der Waals surface area (Å²) in [5.41, 5.74) is 8.08. The van der Waals surface area contributed by atoms with Gasteiger partial charge in [-0.3, -0.25) is 5.32 Å². The minimum absolute atomic E-state index is 0.0558. The highest BCUT2D eigenvalue weighted by atomic mass is 16.3. The zero-order valence-corrected chi connectivity index (χ0v) is 13.8. The molecule has 5 N–H and O–H groups in total. The van der Waals surface area contributed by atoms with Crippen molar-refractivity contribution in [2.24, 2.45) is 11.7 Å². The first kappa shape index (κ1) is 18.0. The Labute approximate surface area is 129 Å². The van der Waals surface area contributed by atoms with E-state index in [-0.39, 0.29) is 12.2 Å². The lowest BCUT2D eigenvalue weighted by Gasteiger charge is -2.30. The molecule has 21 heavy (non-hydrogen) atoms. The van der Waals surface area contributed by atoms with Crippen molar-refractivity contribution >= 4 is 0 Å². The van der Waals surface area contributed by atoms with Gasteiger partial charge in [0.25, 0.3) is 0 Å². The standard InChI is InChI=1S/C17H31N3O/c1-5-8-15(18)19-11-13(4)17(21)20-16-12(3)9-7-10-14(16)6-2/h7,9-12,15-17,19-21H,5-6,8,18H2,1-4H3/b13-11+. The molecular formula is C17H31N3O. The maximum atomic E-state index is 10.3. The van der Waals surface area contributed by atoms with E-state index in [1.54, 1.807) is 0 Å². The molecule has 0 aromatic rings. The monoisotopic (exact) mass is 293 g/mol. The Bertz CT molecular complexity index is 401. The van der Waals surface area contributed by atoms with Crippen molar-refractivity contribution in [3.05, 3.63) is 35.6 Å². The minimum atomic E-state index is -0.666. The SMILES string of the molecule is CCCC(N)N/C=C(\C)C(O)NC1C(CC)=CC=CC1C. The van der Waals surface area contributed by atoms with Gasteiger partial charge in [-0.25, -0.2) is 0 Å². The summed E-state index contributed by atoms with van der Waals surface area (Å²) in [5, 5.41) is 16.8. The van der Waals surface area contributed by atoms with Crippen molar-refractivity contribution in [3.8, 4) is 0 Å². The molecule has 4 atom stereocenters. The molecule has 1 aliphatic carbocycles. The first-order valence-corrected chi connectivity index (χ1v) is 7.99. The van der Waals surface area contributed by atoms with Gasteiger partial charge in [0.1, 0.15) is 6.23 Å². The van der Waals surface area contributed by atoms with Crippen LogP contribution in [0.3, 0.4) is 0 Å². The molecule has 0 aromatic carbocycles. The number of hydrogen-bond donors (Lipinski definition) is 4. The molecule has 0 amide bonds. The zero-order valence-electron chi connectivity index (χ0n) is 13.8. The highest BCUT2D eigenvalue weighted by molar-refractivity contribution is 5.26. The van der Waals surface area contributed by atoms with E-state index in [0.717, 1.165) is 24.8 Å². The average molecular weight is 293 g/mol. The zero-order chi connectivity index (χ0) is 15.8. The van der Waals surface area contributed by atoms with Crippen LogP contribution in [0.5, 0.6) is 0 Å². The molecule has 4 heteroatoms. The van der Waals surface area contributed by atoms with Crippen LogP contribution in [-0.4, -0.2) is 23.5 Å². The molecular weight excluding hydrogens is 262 g/mol. The summed E-state index contributed by atoms with van der Waals surface area (Å²) in [6.45, 7) is 8.32. The average Bonchev–Trinajstić information content (AvgIpc) is 2.47. The van der Waals surface area contributed by atoms with Crippen LogP contribution in [0.15, 0.2) is 35.6 Å². The summed E-state index contributed by atoms with van der Waals surface area (Å²) < 4.78 is 0. The van der Waals surface area contributed by atoms with Gasteiger partial charge >= 0.3 is 0 Å². The summed E-state index contributed by atoms with van der Waals surface area (Å²) in [6.07, 6.45) is 10.4. The van der Waals surface area contributed by atoms with Crippen LogP contribution in [0.1, 0.15) is 47.0 Å². The molecule has 0 saturated heterocycles. The molecule has 0 spiro atoms. The molecule has 120 valence electrons. The molecule has 0 heterocycles. The maximum Gasteiger partial charge on any atom is 0.128 e. The van der Waals surface area contributed by atoms with Crippen molar-refractivity contribution in [2.45, 2.75) is 65.4 Å². The number of rotatable bonds is 8. The second kappa shape index (κ2) is 9.03. The Kier molecular flexibility index (Phi) is 7.72. The second-order valence-electron chi connectivity index (χ2n) is 5.84. The Balaban J connectivity index is 2.58. The van der Waals surface area contributed by atoms with Gasteiger partial charge in [0.05, 0.1) is 6.17 Å². The first-order valence-electron chi connectivity index (χ1n) is 7.99. The molecule has 0 fully saturated rings. The summed E-state index contributed by atoms with van der Waals surface area (Å²) in [5.74, 6) is 0.378. The van der Waals surface area contributed by atoms with E-state index in [1.807, 2.05) is 13.1 Å². The van der Waals surface area contributed by atoms with E-state index < -0.39 is 6.23 Å². The van der Waals surface area contributed by atoms with Gasteiger partial charge in [-0.1, -0.05) is 51.0 Å². The molecule has 4 nitrogen and oxygen atoms in total. The predicted octanol–water partition coefficient (Wildman–Crippen LogP) is 2.38. The number of allylic oxidation sites excluding steroid dienone is 2. The molecule has 1 aliphatic rings. The third kappa shape index (κ3) is 5.65. The number of aliphatic hydroxyl groups excluding tert-OH is 1. The number of hydrogen-bond acceptors (Lipinski definition) is 4. The van der Waals surface area contributed by atoms with Crippen molar-refractivity contribution in [2.75, 3.05) is 0 Å². The normalized spacial score (nSPS) is 25.4. The van der Waals surface area contributed by atoms with Gasteiger partial charge in [-0.2, -0.15) is 0 Å². The second-order valence-corrected chi connectivity index (χ2v) is 5.84. The Morgan fingerprint density at radius 1 is 1.48 bits per heavy atom. The summed E-state index contributed by atoms with van der Waals surface area (Å²) in [7, 11) is 0. The Morgan fingerprint density at radius 3 is 2.81 bits per heavy atom. The van der Waals surface area contributed by atoms with Gasteiger partial charge in [0, 0.05) is 12.2 Å². The summed E-state index contributed by atoms with van der Waals surface area (Å²) in [4.78, 5) is 0. The first-order chi connectivity index (χ1) is 9.99. The van der Waals surface area contributed by atoms with Gasteiger partial charge in [-0.05, 0) is 31.3 Å². The highest BCUT2D eigenvalue weighted by Crippen LogP contribution is 2.22. The molecule has 1 rings (SSSR count). The fraction of sp³-hybridized carbons (Fsp3) is 0.647. The predicted molar refractivity (Wildman–Crippen MR) is 89.4 cm³/mol. The molecule has 0 aromatic heterocycles. The number of nitrogens with one attached hydrogen (secondary N) is 2.